The molecule has 3 N–H and O–H groups in total. The second kappa shape index (κ2) is 59.2. The van der Waals surface area contributed by atoms with Crippen molar-refractivity contribution in [1.29, 1.82) is 0 Å². The first-order chi connectivity index (χ1) is 34.0. The number of unbranched alkanes of at least 4 members (excludes halogenated alkanes) is 46. The normalized spacial score (nSPS) is 12.6. The third-order valence-corrected chi connectivity index (χ3v) is 14.8. The quantitative estimate of drug-likeness (QED) is 0.0321. The van der Waals surface area contributed by atoms with Gasteiger partial charge in [-0.2, -0.15) is 0 Å². The Hall–Kier alpha value is -1.40. The van der Waals surface area contributed by atoms with Gasteiger partial charge in [0, 0.05) is 12.8 Å². The maximum absolute atomic E-state index is 12.5. The molecule has 410 valence electrons. The van der Waals surface area contributed by atoms with Crippen LogP contribution in [0.5, 0.6) is 0 Å². The fraction of sp³-hybridized carbons (Fsp3) is 0.937. The Labute approximate surface area is 431 Å². The Morgan fingerprint density at radius 2 is 0.681 bits per heavy atom. The van der Waals surface area contributed by atoms with E-state index in [1.807, 2.05) is 0 Å². The fourth-order valence-corrected chi connectivity index (χ4v) is 9.99. The monoisotopic (exact) mass is 974 g/mol. The van der Waals surface area contributed by atoms with Crippen LogP contribution in [-0.2, 0) is 14.3 Å². The van der Waals surface area contributed by atoms with E-state index in [0.29, 0.717) is 25.9 Å². The van der Waals surface area contributed by atoms with Crippen LogP contribution in [0.2, 0.25) is 0 Å². The van der Waals surface area contributed by atoms with E-state index in [0.717, 1.165) is 57.8 Å². The van der Waals surface area contributed by atoms with Crippen molar-refractivity contribution in [1.82, 2.24) is 5.32 Å². The number of esters is 1. The van der Waals surface area contributed by atoms with E-state index in [-0.39, 0.29) is 18.5 Å². The van der Waals surface area contributed by atoms with Gasteiger partial charge >= 0.3 is 5.97 Å². The molecule has 0 saturated heterocycles. The molecule has 0 rings (SSSR count). The summed E-state index contributed by atoms with van der Waals surface area (Å²) in [6.07, 6.45) is 70.8. The van der Waals surface area contributed by atoms with Gasteiger partial charge in [-0.15, -0.1) is 0 Å². The highest BCUT2D eigenvalue weighted by Gasteiger charge is 2.20. The Kier molecular flexibility index (Phi) is 58.0. The van der Waals surface area contributed by atoms with Crippen molar-refractivity contribution in [3.63, 3.8) is 0 Å². The Bertz CT molecular complexity index is 1030. The van der Waals surface area contributed by atoms with E-state index < -0.39 is 12.1 Å². The standard InChI is InChI=1S/C63H123NO5/c1-3-5-7-9-11-13-15-17-19-21-23-24-25-26-27-28-29-30-32-34-36-39-43-47-51-55-61(66)60(59-65)64-62(67)56-52-48-44-40-38-42-46-50-54-58-69-63(68)57-53-49-45-41-37-35-33-31-22-20-18-16-14-12-10-8-6-4-2/h20,22,60-61,65-66H,3-19,21,23-59H2,1-2H3,(H,64,67)/b22-20-. The third-order valence-electron chi connectivity index (χ3n) is 14.8. The smallest absolute Gasteiger partial charge is 0.305 e. The van der Waals surface area contributed by atoms with Gasteiger partial charge in [-0.05, 0) is 51.4 Å². The zero-order valence-electron chi connectivity index (χ0n) is 46.8. The molecule has 0 aliphatic carbocycles. The van der Waals surface area contributed by atoms with Crippen molar-refractivity contribution >= 4 is 11.9 Å². The highest BCUT2D eigenvalue weighted by molar-refractivity contribution is 5.76. The maximum atomic E-state index is 12.5. The minimum atomic E-state index is -0.683. The van der Waals surface area contributed by atoms with Gasteiger partial charge < -0.3 is 20.3 Å². The number of rotatable bonds is 59. The van der Waals surface area contributed by atoms with Gasteiger partial charge in [0.1, 0.15) is 0 Å². The Morgan fingerprint density at radius 3 is 1.03 bits per heavy atom. The van der Waals surface area contributed by atoms with Gasteiger partial charge in [-0.3, -0.25) is 9.59 Å². The van der Waals surface area contributed by atoms with Crippen molar-refractivity contribution in [3.8, 4) is 0 Å². The van der Waals surface area contributed by atoms with Crippen LogP contribution in [0.3, 0.4) is 0 Å². The summed E-state index contributed by atoms with van der Waals surface area (Å²) in [4.78, 5) is 24.6. The van der Waals surface area contributed by atoms with Gasteiger partial charge in [0.05, 0.1) is 25.4 Å². The number of hydrogen-bond donors (Lipinski definition) is 3. The third kappa shape index (κ3) is 55.8. The molecule has 6 nitrogen and oxygen atoms in total. The summed E-state index contributed by atoms with van der Waals surface area (Å²) in [5.74, 6) is -0.0843. The van der Waals surface area contributed by atoms with Crippen molar-refractivity contribution in [3.05, 3.63) is 12.2 Å². The van der Waals surface area contributed by atoms with Crippen LogP contribution in [0, 0.1) is 0 Å². The topological polar surface area (TPSA) is 95.9 Å². The van der Waals surface area contributed by atoms with Crippen molar-refractivity contribution in [2.75, 3.05) is 13.2 Å². The second-order valence-electron chi connectivity index (χ2n) is 21.7. The van der Waals surface area contributed by atoms with Crippen molar-refractivity contribution in [2.24, 2.45) is 0 Å². The van der Waals surface area contributed by atoms with E-state index in [1.54, 1.807) is 0 Å². The average Bonchev–Trinajstić information content (AvgIpc) is 3.35. The van der Waals surface area contributed by atoms with Crippen LogP contribution < -0.4 is 5.32 Å². The summed E-state index contributed by atoms with van der Waals surface area (Å²) in [5.41, 5.74) is 0. The zero-order chi connectivity index (χ0) is 50.0. The summed E-state index contributed by atoms with van der Waals surface area (Å²) in [7, 11) is 0. The molecule has 0 spiro atoms. The van der Waals surface area contributed by atoms with Crippen LogP contribution in [0.15, 0.2) is 12.2 Å². The molecule has 0 aromatic carbocycles. The summed E-state index contributed by atoms with van der Waals surface area (Å²) in [6, 6.07) is -0.563. The molecule has 1 amide bonds. The molecule has 0 aromatic heterocycles. The van der Waals surface area contributed by atoms with E-state index in [2.05, 4.69) is 31.3 Å². The number of carbonyl (C=O) groups excluding carboxylic acids is 2. The molecule has 6 heteroatoms. The first-order valence-corrected chi connectivity index (χ1v) is 31.4. The molecule has 69 heavy (non-hydrogen) atoms. The highest BCUT2D eigenvalue weighted by atomic mass is 16.5. The SMILES string of the molecule is CCCCCCCCC/C=C\CCCCCCCCCC(=O)OCCCCCCCCCCCC(=O)NC(CO)C(O)CCCCCCCCCCCCCCCCCCCCCCCCCCC. The number of ether oxygens (including phenoxy) is 1. The molecular weight excluding hydrogens is 851 g/mol. The van der Waals surface area contributed by atoms with Crippen molar-refractivity contribution in [2.45, 2.75) is 366 Å². The van der Waals surface area contributed by atoms with Gasteiger partial charge in [0.2, 0.25) is 5.91 Å². The maximum Gasteiger partial charge on any atom is 0.305 e. The van der Waals surface area contributed by atoms with Gasteiger partial charge in [-0.1, -0.05) is 302 Å². The van der Waals surface area contributed by atoms with E-state index in [1.165, 1.54) is 263 Å². The van der Waals surface area contributed by atoms with Gasteiger partial charge in [0.15, 0.2) is 0 Å². The lowest BCUT2D eigenvalue weighted by Crippen LogP contribution is -2.45. The van der Waals surface area contributed by atoms with E-state index >= 15 is 0 Å². The highest BCUT2D eigenvalue weighted by Crippen LogP contribution is 2.18. The summed E-state index contributed by atoms with van der Waals surface area (Å²) in [5, 5.41) is 23.4. The molecule has 0 aliphatic heterocycles. The molecule has 0 saturated carbocycles. The van der Waals surface area contributed by atoms with Crippen LogP contribution >= 0.6 is 0 Å². The van der Waals surface area contributed by atoms with Crippen LogP contribution in [0.25, 0.3) is 0 Å². The summed E-state index contributed by atoms with van der Waals surface area (Å²) < 4.78 is 5.47. The van der Waals surface area contributed by atoms with Crippen molar-refractivity contribution < 1.29 is 24.5 Å². The molecule has 0 bridgehead atoms. The Balaban J connectivity index is 3.45. The molecule has 0 aliphatic rings. The number of hydrogen-bond acceptors (Lipinski definition) is 5. The van der Waals surface area contributed by atoms with Gasteiger partial charge in [0.25, 0.3) is 0 Å². The number of allylic oxidation sites excluding steroid dienone is 2. The number of amides is 1. The predicted octanol–water partition coefficient (Wildman–Crippen LogP) is 19.6. The van der Waals surface area contributed by atoms with E-state index in [9.17, 15) is 19.8 Å². The summed E-state index contributed by atoms with van der Waals surface area (Å²) >= 11 is 0. The Morgan fingerprint density at radius 1 is 0.391 bits per heavy atom. The molecule has 2 unspecified atom stereocenters. The number of carbonyl (C=O) groups is 2. The zero-order valence-corrected chi connectivity index (χ0v) is 46.8. The van der Waals surface area contributed by atoms with Crippen LogP contribution in [0.4, 0.5) is 0 Å². The minimum Gasteiger partial charge on any atom is -0.466 e. The second-order valence-corrected chi connectivity index (χ2v) is 21.7. The molecule has 0 heterocycles. The molecule has 0 fully saturated rings. The first kappa shape index (κ1) is 67.6. The fourth-order valence-electron chi connectivity index (χ4n) is 9.99. The van der Waals surface area contributed by atoms with Crippen LogP contribution in [0.1, 0.15) is 354 Å². The van der Waals surface area contributed by atoms with Crippen LogP contribution in [-0.4, -0.2) is 47.4 Å². The molecular formula is C63H123NO5. The lowest BCUT2D eigenvalue weighted by atomic mass is 10.0. The number of nitrogens with one attached hydrogen (secondary N) is 1. The van der Waals surface area contributed by atoms with Gasteiger partial charge in [-0.25, -0.2) is 0 Å². The lowest BCUT2D eigenvalue weighted by molar-refractivity contribution is -0.143. The lowest BCUT2D eigenvalue weighted by Gasteiger charge is -2.22. The molecule has 2 atom stereocenters. The molecule has 0 radical (unpaired) electrons. The first-order valence-electron chi connectivity index (χ1n) is 31.4. The molecule has 0 aromatic rings. The average molecular weight is 975 g/mol. The largest absolute Gasteiger partial charge is 0.466 e. The number of aliphatic hydroxyl groups excluding tert-OH is 2. The van der Waals surface area contributed by atoms with E-state index in [4.69, 9.17) is 4.74 Å². The summed E-state index contributed by atoms with van der Waals surface area (Å²) in [6.45, 7) is 4.92. The predicted molar refractivity (Wildman–Crippen MR) is 301 cm³/mol. The minimum absolute atomic E-state index is 0.0261. The number of aliphatic hydroxyl groups is 2.